The number of hydrogen-bond acceptors (Lipinski definition) is 2. The Labute approximate surface area is 91.4 Å². The highest BCUT2D eigenvalue weighted by Gasteiger charge is 2.65. The quantitative estimate of drug-likeness (QED) is 0.565. The van der Waals surface area contributed by atoms with Gasteiger partial charge in [-0.05, 0) is 24.2 Å². The van der Waals surface area contributed by atoms with Crippen LogP contribution in [0.4, 0.5) is 0 Å². The number of rotatable bonds is 3. The molecular weight excluding hydrogens is 186 g/mol. The van der Waals surface area contributed by atoms with Gasteiger partial charge in [0.1, 0.15) is 0 Å². The van der Waals surface area contributed by atoms with E-state index in [1.165, 1.54) is 0 Å². The molecule has 1 N–H and O–H groups in total. The fourth-order valence-electron chi connectivity index (χ4n) is 2.94. The van der Waals surface area contributed by atoms with Crippen molar-refractivity contribution in [3.05, 3.63) is 23.9 Å². The van der Waals surface area contributed by atoms with Crippen LogP contribution in [-0.4, -0.2) is 12.3 Å². The van der Waals surface area contributed by atoms with Gasteiger partial charge in [0.15, 0.2) is 5.78 Å². The molecule has 2 unspecified atom stereocenters. The minimum absolute atomic E-state index is 0.346. The van der Waals surface area contributed by atoms with Crippen LogP contribution in [-0.2, 0) is 4.79 Å². The van der Waals surface area contributed by atoms with Gasteiger partial charge < -0.3 is 5.32 Å². The summed E-state index contributed by atoms with van der Waals surface area (Å²) in [5.74, 6) is 1.45. The van der Waals surface area contributed by atoms with Gasteiger partial charge in [0, 0.05) is 24.2 Å². The van der Waals surface area contributed by atoms with Crippen LogP contribution >= 0.6 is 0 Å². The molecule has 0 spiro atoms. The largest absolute Gasteiger partial charge is 0.385 e. The maximum absolute atomic E-state index is 11.8. The molecular formula is C13H19NO. The van der Waals surface area contributed by atoms with Gasteiger partial charge in [-0.1, -0.05) is 19.9 Å². The van der Waals surface area contributed by atoms with Crippen LogP contribution in [0.5, 0.6) is 0 Å². The summed E-state index contributed by atoms with van der Waals surface area (Å²) in [5.41, 5.74) is 2.45. The van der Waals surface area contributed by atoms with E-state index < -0.39 is 0 Å². The lowest BCUT2D eigenvalue weighted by Gasteiger charge is -2.13. The van der Waals surface area contributed by atoms with Crippen LogP contribution in [0.15, 0.2) is 23.9 Å². The Morgan fingerprint density at radius 2 is 2.33 bits per heavy atom. The van der Waals surface area contributed by atoms with Crippen molar-refractivity contribution in [2.24, 2.45) is 17.3 Å². The number of fused-ring (bicyclic) bond motifs is 1. The molecule has 0 saturated heterocycles. The number of nitrogens with one attached hydrogen (secondary N) is 1. The maximum Gasteiger partial charge on any atom is 0.161 e. The molecule has 2 aliphatic rings. The van der Waals surface area contributed by atoms with Crippen molar-refractivity contribution in [1.29, 1.82) is 0 Å². The predicted molar refractivity (Wildman–Crippen MR) is 61.3 cm³/mol. The van der Waals surface area contributed by atoms with Crippen molar-refractivity contribution in [3.63, 3.8) is 0 Å². The smallest absolute Gasteiger partial charge is 0.161 e. The molecule has 0 amide bonds. The van der Waals surface area contributed by atoms with Gasteiger partial charge in [-0.3, -0.25) is 4.79 Å². The molecule has 2 heteroatoms. The van der Waals surface area contributed by atoms with E-state index in [9.17, 15) is 4.79 Å². The van der Waals surface area contributed by atoms with Crippen molar-refractivity contribution in [1.82, 2.24) is 5.32 Å². The molecule has 0 aromatic carbocycles. The highest BCUT2D eigenvalue weighted by Crippen LogP contribution is 2.68. The summed E-state index contributed by atoms with van der Waals surface area (Å²) in [6, 6.07) is 0. The van der Waals surface area contributed by atoms with E-state index in [0.29, 0.717) is 23.0 Å². The fraction of sp³-hybridized carbons (Fsp3) is 0.615. The average molecular weight is 205 g/mol. The van der Waals surface area contributed by atoms with Crippen LogP contribution in [0.3, 0.4) is 0 Å². The molecule has 2 atom stereocenters. The predicted octanol–water partition coefficient (Wildman–Crippen LogP) is 2.28. The molecule has 0 aromatic rings. The van der Waals surface area contributed by atoms with Crippen LogP contribution in [0.25, 0.3) is 0 Å². The molecule has 82 valence electrons. The number of carbonyl (C=O) groups excluding carboxylic acids is 1. The van der Waals surface area contributed by atoms with Crippen molar-refractivity contribution in [2.75, 3.05) is 6.54 Å². The third kappa shape index (κ3) is 1.43. The molecule has 2 fully saturated rings. The third-order valence-electron chi connectivity index (χ3n) is 3.98. The lowest BCUT2D eigenvalue weighted by molar-refractivity contribution is -0.115. The summed E-state index contributed by atoms with van der Waals surface area (Å²) >= 11 is 0. The molecule has 0 radical (unpaired) electrons. The number of allylic oxidation sites excluding steroid dienone is 2. The van der Waals surface area contributed by atoms with Crippen LogP contribution in [0.1, 0.15) is 27.2 Å². The van der Waals surface area contributed by atoms with E-state index in [0.717, 1.165) is 24.2 Å². The third-order valence-corrected chi connectivity index (χ3v) is 3.98. The van der Waals surface area contributed by atoms with E-state index in [-0.39, 0.29) is 0 Å². The van der Waals surface area contributed by atoms with Crippen LogP contribution in [0.2, 0.25) is 0 Å². The van der Waals surface area contributed by atoms with Gasteiger partial charge in [-0.15, -0.1) is 6.58 Å². The first-order valence-electron chi connectivity index (χ1n) is 5.59. The van der Waals surface area contributed by atoms with Gasteiger partial charge in [0.25, 0.3) is 0 Å². The lowest BCUT2D eigenvalue weighted by atomic mass is 9.95. The van der Waals surface area contributed by atoms with Crippen LogP contribution < -0.4 is 5.32 Å². The zero-order valence-electron chi connectivity index (χ0n) is 9.76. The summed E-state index contributed by atoms with van der Waals surface area (Å²) in [6.45, 7) is 10.9. The summed E-state index contributed by atoms with van der Waals surface area (Å²) in [5, 5.41) is 3.24. The first-order valence-corrected chi connectivity index (χ1v) is 5.59. The van der Waals surface area contributed by atoms with Crippen LogP contribution in [0, 0.1) is 17.3 Å². The number of hydrogen-bond donors (Lipinski definition) is 1. The Bertz CT molecular complexity index is 352. The van der Waals surface area contributed by atoms with Gasteiger partial charge in [0.05, 0.1) is 0 Å². The highest BCUT2D eigenvalue weighted by atomic mass is 16.1. The second-order valence-corrected chi connectivity index (χ2v) is 5.24. The van der Waals surface area contributed by atoms with Crippen molar-refractivity contribution in [3.8, 4) is 0 Å². The van der Waals surface area contributed by atoms with Crippen molar-refractivity contribution < 1.29 is 4.79 Å². The van der Waals surface area contributed by atoms with E-state index in [4.69, 9.17) is 0 Å². The first kappa shape index (κ1) is 10.5. The summed E-state index contributed by atoms with van der Waals surface area (Å²) in [4.78, 5) is 11.8. The SMILES string of the molecule is C=CCNC(C)=C1C(=O)CC2C1C2(C)C. The lowest BCUT2D eigenvalue weighted by Crippen LogP contribution is -2.18. The van der Waals surface area contributed by atoms with E-state index in [2.05, 4.69) is 25.7 Å². The molecule has 15 heavy (non-hydrogen) atoms. The molecule has 0 heterocycles. The highest BCUT2D eigenvalue weighted by molar-refractivity contribution is 6.01. The van der Waals surface area contributed by atoms with Crippen molar-refractivity contribution in [2.45, 2.75) is 27.2 Å². The Kier molecular flexibility index (Phi) is 2.25. The monoisotopic (exact) mass is 205 g/mol. The minimum Gasteiger partial charge on any atom is -0.385 e. The molecule has 2 nitrogen and oxygen atoms in total. The molecule has 0 aromatic heterocycles. The molecule has 0 aliphatic heterocycles. The van der Waals surface area contributed by atoms with Gasteiger partial charge >= 0.3 is 0 Å². The Hall–Kier alpha value is -1.05. The van der Waals surface area contributed by atoms with E-state index in [1.54, 1.807) is 0 Å². The normalized spacial score (nSPS) is 34.7. The first-order chi connectivity index (χ1) is 7.00. The van der Waals surface area contributed by atoms with Crippen molar-refractivity contribution >= 4 is 5.78 Å². The maximum atomic E-state index is 11.8. The zero-order chi connectivity index (χ0) is 11.2. The second-order valence-electron chi connectivity index (χ2n) is 5.24. The van der Waals surface area contributed by atoms with Gasteiger partial charge in [0.2, 0.25) is 0 Å². The summed E-state index contributed by atoms with van der Waals surface area (Å²) < 4.78 is 0. The Balaban J connectivity index is 2.20. The topological polar surface area (TPSA) is 29.1 Å². The average Bonchev–Trinajstić information content (AvgIpc) is 2.59. The zero-order valence-corrected chi connectivity index (χ0v) is 9.76. The standard InChI is InChI=1S/C13H19NO/c1-5-6-14-8(2)11-10(15)7-9-12(11)13(9,3)4/h5,9,12,14H,1,6-7H2,2-4H3. The number of Topliss-reactive ketones (excluding diaryl/α,β-unsaturated/α-hetero) is 1. The minimum atomic E-state index is 0.346. The second kappa shape index (κ2) is 3.22. The molecule has 2 saturated carbocycles. The number of carbonyl (C=O) groups is 1. The summed E-state index contributed by atoms with van der Waals surface area (Å²) in [6.07, 6.45) is 2.57. The Morgan fingerprint density at radius 1 is 1.67 bits per heavy atom. The molecule has 0 bridgehead atoms. The van der Waals surface area contributed by atoms with Gasteiger partial charge in [-0.25, -0.2) is 0 Å². The summed E-state index contributed by atoms with van der Waals surface area (Å²) in [7, 11) is 0. The number of ketones is 1. The molecule has 2 aliphatic carbocycles. The van der Waals surface area contributed by atoms with E-state index >= 15 is 0 Å². The van der Waals surface area contributed by atoms with E-state index in [1.807, 2.05) is 13.0 Å². The Morgan fingerprint density at radius 3 is 2.87 bits per heavy atom. The molecule has 2 rings (SSSR count). The van der Waals surface area contributed by atoms with Gasteiger partial charge in [-0.2, -0.15) is 0 Å². The fourth-order valence-corrected chi connectivity index (χ4v) is 2.94.